The third-order valence-electron chi connectivity index (χ3n) is 9.67. The first-order valence-electron chi connectivity index (χ1n) is 16.8. The summed E-state index contributed by atoms with van der Waals surface area (Å²) in [5.41, 5.74) is 7.97. The third-order valence-corrected chi connectivity index (χ3v) is 9.67. The molecule has 0 spiro atoms. The minimum absolute atomic E-state index is 0.0349. The van der Waals surface area contributed by atoms with E-state index in [9.17, 15) is 14.7 Å². The lowest BCUT2D eigenvalue weighted by Gasteiger charge is -2.40. The molecule has 2 aliphatic carbocycles. The summed E-state index contributed by atoms with van der Waals surface area (Å²) in [7, 11) is 0. The predicted molar refractivity (Wildman–Crippen MR) is 182 cm³/mol. The normalized spacial score (nSPS) is 22.8. The minimum Gasteiger partial charge on any atom is -0.396 e. The molecule has 1 heterocycles. The number of ketones is 1. The lowest BCUT2D eigenvalue weighted by Crippen LogP contribution is -2.55. The van der Waals surface area contributed by atoms with Gasteiger partial charge < -0.3 is 31.7 Å². The number of nitrogens with zero attached hydrogens (tertiary/aromatic N) is 1. The second kappa shape index (κ2) is 18.7. The molecule has 3 rings (SSSR count). The summed E-state index contributed by atoms with van der Waals surface area (Å²) in [6.45, 7) is 25.9. The van der Waals surface area contributed by atoms with Crippen LogP contribution in [-0.2, 0) is 9.59 Å². The van der Waals surface area contributed by atoms with Gasteiger partial charge >= 0.3 is 0 Å². The Morgan fingerprint density at radius 1 is 1.02 bits per heavy atom. The smallest absolute Gasteiger partial charge is 0.243 e. The van der Waals surface area contributed by atoms with E-state index < -0.39 is 18.2 Å². The lowest BCUT2D eigenvalue weighted by molar-refractivity contribution is -0.131. The summed E-state index contributed by atoms with van der Waals surface area (Å²) in [6, 6.07) is -1.42. The molecular weight excluding hydrogens is 550 g/mol. The lowest BCUT2D eigenvalue weighted by atomic mass is 9.79. The van der Waals surface area contributed by atoms with Crippen LogP contribution < -0.4 is 21.7 Å². The highest BCUT2D eigenvalue weighted by molar-refractivity contribution is 6.00. The number of aliphatic hydroxyl groups excluding tert-OH is 1. The van der Waals surface area contributed by atoms with Gasteiger partial charge in [0.1, 0.15) is 6.04 Å². The van der Waals surface area contributed by atoms with Gasteiger partial charge in [0.05, 0.1) is 29.7 Å². The van der Waals surface area contributed by atoms with Crippen LogP contribution in [0.3, 0.4) is 0 Å². The Hall–Kier alpha value is -3.00. The molecule has 1 aliphatic heterocycles. The molecule has 4 unspecified atom stereocenters. The van der Waals surface area contributed by atoms with Crippen LogP contribution in [0.1, 0.15) is 97.8 Å². The van der Waals surface area contributed by atoms with E-state index in [4.69, 9.17) is 5.73 Å². The molecule has 8 nitrogen and oxygen atoms in total. The average Bonchev–Trinajstić information content (AvgIpc) is 3.44. The van der Waals surface area contributed by atoms with Gasteiger partial charge in [-0.3, -0.25) is 9.59 Å². The van der Waals surface area contributed by atoms with E-state index in [-0.39, 0.29) is 29.3 Å². The predicted octanol–water partition coefficient (Wildman–Crippen LogP) is 5.44. The van der Waals surface area contributed by atoms with E-state index in [1.54, 1.807) is 6.92 Å². The van der Waals surface area contributed by atoms with Gasteiger partial charge in [0.2, 0.25) is 5.91 Å². The molecule has 3 aliphatic rings. The molecule has 1 saturated heterocycles. The van der Waals surface area contributed by atoms with Gasteiger partial charge in [-0.05, 0) is 64.2 Å². The number of rotatable bonds is 17. The van der Waals surface area contributed by atoms with Crippen molar-refractivity contribution in [1.29, 1.82) is 0 Å². The van der Waals surface area contributed by atoms with Gasteiger partial charge in [-0.15, -0.1) is 13.2 Å². The number of hydrogen-bond acceptors (Lipinski definition) is 7. The van der Waals surface area contributed by atoms with Gasteiger partial charge in [0.25, 0.3) is 0 Å². The van der Waals surface area contributed by atoms with E-state index in [0.29, 0.717) is 31.2 Å². The van der Waals surface area contributed by atoms with E-state index in [1.165, 1.54) is 24.8 Å². The number of likely N-dealkylation sites (tertiary alicyclic amines) is 1. The summed E-state index contributed by atoms with van der Waals surface area (Å²) >= 11 is 0. The Kier molecular flexibility index (Phi) is 15.8. The maximum atomic E-state index is 14.0. The maximum Gasteiger partial charge on any atom is 0.243 e. The van der Waals surface area contributed by atoms with Gasteiger partial charge in [-0.1, -0.05) is 76.8 Å². The van der Waals surface area contributed by atoms with E-state index in [2.05, 4.69) is 73.7 Å². The van der Waals surface area contributed by atoms with Crippen LogP contribution in [0.15, 0.2) is 61.8 Å². The van der Waals surface area contributed by atoms with Crippen molar-refractivity contribution in [2.45, 2.75) is 122 Å². The highest BCUT2D eigenvalue weighted by atomic mass is 16.3. The molecule has 5 atom stereocenters. The Morgan fingerprint density at radius 3 is 2.23 bits per heavy atom. The Morgan fingerprint density at radius 2 is 1.68 bits per heavy atom. The van der Waals surface area contributed by atoms with Crippen molar-refractivity contribution in [2.24, 2.45) is 23.5 Å². The van der Waals surface area contributed by atoms with Crippen LogP contribution in [0.5, 0.6) is 0 Å². The molecule has 3 fully saturated rings. The molecule has 0 aromatic rings. The first kappa shape index (κ1) is 37.2. The van der Waals surface area contributed by atoms with Crippen LogP contribution in [0.4, 0.5) is 0 Å². The molecule has 0 radical (unpaired) electrons. The van der Waals surface area contributed by atoms with Crippen LogP contribution in [-0.4, -0.2) is 59.0 Å². The number of nitrogens with one attached hydrogen (secondary N) is 3. The van der Waals surface area contributed by atoms with Crippen LogP contribution in [0.2, 0.25) is 0 Å². The first-order valence-corrected chi connectivity index (χ1v) is 16.8. The second-order valence-corrected chi connectivity index (χ2v) is 12.9. The van der Waals surface area contributed by atoms with Crippen molar-refractivity contribution in [3.63, 3.8) is 0 Å². The molecule has 0 aromatic heterocycles. The molecule has 6 N–H and O–H groups in total. The number of nitrogens with two attached hydrogens (primary N) is 1. The van der Waals surface area contributed by atoms with Crippen molar-refractivity contribution in [2.75, 3.05) is 13.1 Å². The van der Waals surface area contributed by atoms with E-state index >= 15 is 0 Å². The Bertz CT molecular complexity index is 1010. The van der Waals surface area contributed by atoms with Gasteiger partial charge in [-0.25, -0.2) is 0 Å². The van der Waals surface area contributed by atoms with Crippen molar-refractivity contribution in [3.8, 4) is 0 Å². The van der Waals surface area contributed by atoms with Crippen LogP contribution in [0.25, 0.3) is 0 Å². The first-order chi connectivity index (χ1) is 21.0. The topological polar surface area (TPSA) is 120 Å². The average molecular weight is 612 g/mol. The third kappa shape index (κ3) is 10.6. The van der Waals surface area contributed by atoms with E-state index in [1.807, 2.05) is 0 Å². The number of hydrogen-bond donors (Lipinski definition) is 5. The van der Waals surface area contributed by atoms with Crippen molar-refractivity contribution in [1.82, 2.24) is 20.9 Å². The summed E-state index contributed by atoms with van der Waals surface area (Å²) in [5.74, 6) is 0.686. The van der Waals surface area contributed by atoms with Gasteiger partial charge in [0.15, 0.2) is 5.78 Å². The summed E-state index contributed by atoms with van der Waals surface area (Å²) < 4.78 is 0. The maximum absolute atomic E-state index is 14.0. The summed E-state index contributed by atoms with van der Waals surface area (Å²) in [5, 5.41) is 20.9. The highest BCUT2D eigenvalue weighted by Crippen LogP contribution is 2.36. The fourth-order valence-corrected chi connectivity index (χ4v) is 6.97. The molecule has 8 heteroatoms. The number of allylic oxidation sites excluding steroid dienone is 1. The quantitative estimate of drug-likeness (QED) is 0.110. The molecule has 0 aromatic carbocycles. The molecular formula is C36H61N5O3. The molecule has 44 heavy (non-hydrogen) atoms. The summed E-state index contributed by atoms with van der Waals surface area (Å²) in [4.78, 5) is 29.0. The number of Topliss-reactive ketones (excluding diaryl/α,β-unsaturated/α-hetero) is 1. The fourth-order valence-electron chi connectivity index (χ4n) is 6.97. The zero-order valence-corrected chi connectivity index (χ0v) is 27.8. The van der Waals surface area contributed by atoms with Crippen molar-refractivity contribution >= 4 is 11.7 Å². The molecule has 2 saturated carbocycles. The van der Waals surface area contributed by atoms with Gasteiger partial charge in [-0.2, -0.15) is 0 Å². The monoisotopic (exact) mass is 611 g/mol. The minimum atomic E-state index is -0.702. The standard InChI is InChI=1S/C34H57N5O3.C2H4/c1-7-12-22(2)17-19-36-26(6)37-31(28-15-9-8-10-16-28)24(4)39-20-18-29(25(5)40)32(39)34(42)38-30(33(41)23(3)35)21-27-13-11-14-27;1-2/h12,25,27-32,36-37,40H,3-4,6-11,13-21,35H2,1-2,5H3,(H,38,42);1-2H2/b22-12+;/t25-,29?,30?,31?,32?;/m0./s1. The number of amides is 1. The van der Waals surface area contributed by atoms with Gasteiger partial charge in [0, 0.05) is 24.7 Å². The van der Waals surface area contributed by atoms with E-state index in [0.717, 1.165) is 63.0 Å². The zero-order chi connectivity index (χ0) is 32.8. The second-order valence-electron chi connectivity index (χ2n) is 12.9. The Balaban J connectivity index is 0.00000330. The summed E-state index contributed by atoms with van der Waals surface area (Å²) in [6.07, 6.45) is 13.8. The zero-order valence-electron chi connectivity index (χ0n) is 27.8. The largest absolute Gasteiger partial charge is 0.396 e. The fraction of sp³-hybridized carbons (Fsp3) is 0.667. The van der Waals surface area contributed by atoms with Crippen LogP contribution >= 0.6 is 0 Å². The molecule has 0 bridgehead atoms. The highest BCUT2D eigenvalue weighted by Gasteiger charge is 2.45. The van der Waals surface area contributed by atoms with Crippen molar-refractivity contribution in [3.05, 3.63) is 61.8 Å². The molecule has 1 amide bonds. The number of aliphatic hydroxyl groups is 1. The number of carbonyl (C=O) groups is 2. The SMILES string of the molecule is C=C.C=C(NCC/C(C)=C/CC)NC(C(=C)N1CCC([C@H](C)O)C1C(=O)NC(CC1CCC1)C(=O)C(=C)N)C1CCCCC1. The van der Waals surface area contributed by atoms with Crippen LogP contribution in [0, 0.1) is 17.8 Å². The molecule has 248 valence electrons. The van der Waals surface area contributed by atoms with Crippen molar-refractivity contribution < 1.29 is 14.7 Å². The number of carbonyl (C=O) groups excluding carboxylic acids is 2. The Labute approximate surface area is 267 Å².